The molecule has 4 rings (SSSR count). The standard InChI is InChI=1S/C28H42O8/c1-5-13-34-28(33,35-14-6-2)36-17-23(31)27(32)12-10-21-20-8-7-18-15-19(29)9-11-25(18,3)24(20)22(30)16-26(21,27)4/h9,11,15,20-22,24,30,32-33H,5-8,10,12-14,16-17H2,1-4H3/t20-,21-,22?,24+,25-,26-,27-/m0/s1. The van der Waals surface area contributed by atoms with Crippen molar-refractivity contribution in [2.75, 3.05) is 19.8 Å². The minimum Gasteiger partial charge on any atom is -0.393 e. The maximum absolute atomic E-state index is 13.5. The third-order valence-corrected chi connectivity index (χ3v) is 9.47. The second-order valence-electron chi connectivity index (χ2n) is 11.5. The lowest BCUT2D eigenvalue weighted by molar-refractivity contribution is -0.483. The zero-order valence-corrected chi connectivity index (χ0v) is 22.0. The molecule has 0 aromatic heterocycles. The van der Waals surface area contributed by atoms with E-state index >= 15 is 0 Å². The van der Waals surface area contributed by atoms with Gasteiger partial charge >= 0.3 is 6.16 Å². The van der Waals surface area contributed by atoms with Crippen LogP contribution in [0.3, 0.4) is 0 Å². The van der Waals surface area contributed by atoms with Crippen molar-refractivity contribution in [3.63, 3.8) is 0 Å². The van der Waals surface area contributed by atoms with Crippen LogP contribution in [0.2, 0.25) is 0 Å². The van der Waals surface area contributed by atoms with Crippen molar-refractivity contribution in [3.05, 3.63) is 23.8 Å². The highest BCUT2D eigenvalue weighted by molar-refractivity contribution is 6.01. The van der Waals surface area contributed by atoms with Gasteiger partial charge in [0.1, 0.15) is 12.2 Å². The fourth-order valence-electron chi connectivity index (χ4n) is 7.65. The molecule has 0 spiro atoms. The van der Waals surface area contributed by atoms with E-state index in [9.17, 15) is 24.9 Å². The monoisotopic (exact) mass is 506 g/mol. The number of ketones is 2. The van der Waals surface area contributed by atoms with Crippen LogP contribution >= 0.6 is 0 Å². The Morgan fingerprint density at radius 1 is 1.14 bits per heavy atom. The fourth-order valence-corrected chi connectivity index (χ4v) is 7.65. The number of allylic oxidation sites excluding steroid dienone is 4. The highest BCUT2D eigenvalue weighted by Gasteiger charge is 2.68. The lowest BCUT2D eigenvalue weighted by atomic mass is 9.46. The van der Waals surface area contributed by atoms with Gasteiger partial charge in [0.2, 0.25) is 0 Å². The Labute approximate surface area is 213 Å². The molecule has 202 valence electrons. The van der Waals surface area contributed by atoms with Crippen molar-refractivity contribution in [1.29, 1.82) is 0 Å². The molecular formula is C28H42O8. The summed E-state index contributed by atoms with van der Waals surface area (Å²) in [5.41, 5.74) is -1.88. The minimum absolute atomic E-state index is 0.0114. The first-order chi connectivity index (χ1) is 16.9. The van der Waals surface area contributed by atoms with Crippen LogP contribution in [0.15, 0.2) is 23.8 Å². The van der Waals surface area contributed by atoms with E-state index in [4.69, 9.17) is 14.2 Å². The Morgan fingerprint density at radius 3 is 2.44 bits per heavy atom. The number of fused-ring (bicyclic) bond motifs is 5. The molecule has 4 aliphatic rings. The number of Topliss-reactive ketones (excluding diaryl/α,β-unsaturated/α-hetero) is 1. The van der Waals surface area contributed by atoms with Crippen LogP contribution in [-0.2, 0) is 23.8 Å². The maximum atomic E-state index is 13.5. The molecule has 0 aromatic rings. The van der Waals surface area contributed by atoms with Crippen molar-refractivity contribution < 1.29 is 39.1 Å². The van der Waals surface area contributed by atoms with Crippen molar-refractivity contribution in [2.24, 2.45) is 28.6 Å². The lowest BCUT2D eigenvalue weighted by Gasteiger charge is -2.59. The zero-order chi connectivity index (χ0) is 26.4. The van der Waals surface area contributed by atoms with Gasteiger partial charge in [-0.2, -0.15) is 0 Å². The Bertz CT molecular complexity index is 919. The van der Waals surface area contributed by atoms with Crippen LogP contribution in [0.25, 0.3) is 0 Å². The first-order valence-electron chi connectivity index (χ1n) is 13.5. The number of aliphatic hydroxyl groups is 3. The predicted octanol–water partition coefficient (Wildman–Crippen LogP) is 3.04. The zero-order valence-electron chi connectivity index (χ0n) is 22.0. The molecule has 8 nitrogen and oxygen atoms in total. The second kappa shape index (κ2) is 10.0. The number of carbonyl (C=O) groups is 2. The van der Waals surface area contributed by atoms with Crippen LogP contribution < -0.4 is 0 Å². The summed E-state index contributed by atoms with van der Waals surface area (Å²) in [6.45, 7) is 7.55. The summed E-state index contributed by atoms with van der Waals surface area (Å²) in [4.78, 5) is 25.5. The molecule has 0 amide bonds. The molecule has 0 aromatic carbocycles. The number of ether oxygens (including phenoxy) is 3. The molecule has 3 fully saturated rings. The Hall–Kier alpha value is -1.42. The molecule has 0 heterocycles. The molecule has 0 bridgehead atoms. The first-order valence-corrected chi connectivity index (χ1v) is 13.5. The van der Waals surface area contributed by atoms with Gasteiger partial charge < -0.3 is 24.8 Å². The van der Waals surface area contributed by atoms with Gasteiger partial charge in [0.05, 0.1) is 19.3 Å². The van der Waals surface area contributed by atoms with Crippen LogP contribution in [0.5, 0.6) is 0 Å². The number of rotatable bonds is 10. The molecule has 4 aliphatic carbocycles. The third-order valence-electron chi connectivity index (χ3n) is 9.47. The normalized spacial score (nSPS) is 39.9. The molecule has 36 heavy (non-hydrogen) atoms. The summed E-state index contributed by atoms with van der Waals surface area (Å²) in [5, 5.41) is 33.9. The van der Waals surface area contributed by atoms with E-state index in [0.29, 0.717) is 19.3 Å². The molecule has 3 N–H and O–H groups in total. The largest absolute Gasteiger partial charge is 0.410 e. The molecule has 1 unspecified atom stereocenters. The van der Waals surface area contributed by atoms with E-state index in [1.165, 1.54) is 0 Å². The SMILES string of the molecule is CCCOC(O)(OCCC)OCC(=O)[C@@]1(O)CC[C@H]2[C@@H]3CCC4=CC(=O)C=C[C@]4(C)[C@H]3C(O)C[C@@]21C. The topological polar surface area (TPSA) is 123 Å². The van der Waals surface area contributed by atoms with Gasteiger partial charge in [-0.05, 0) is 68.9 Å². The minimum atomic E-state index is -2.35. The molecule has 0 radical (unpaired) electrons. The molecule has 7 atom stereocenters. The van der Waals surface area contributed by atoms with Crippen LogP contribution in [0.1, 0.15) is 72.6 Å². The van der Waals surface area contributed by atoms with E-state index in [1.54, 1.807) is 12.2 Å². The number of carbonyl (C=O) groups excluding carboxylic acids is 2. The highest BCUT2D eigenvalue weighted by atomic mass is 17.0. The smallest absolute Gasteiger partial charge is 0.393 e. The Kier molecular flexibility index (Phi) is 7.70. The van der Waals surface area contributed by atoms with Crippen LogP contribution in [-0.4, -0.2) is 64.6 Å². The summed E-state index contributed by atoms with van der Waals surface area (Å²) in [5.74, 6) is -0.483. The van der Waals surface area contributed by atoms with Crippen molar-refractivity contribution >= 4 is 11.6 Å². The van der Waals surface area contributed by atoms with Gasteiger partial charge in [0.15, 0.2) is 11.6 Å². The van der Waals surface area contributed by atoms with E-state index in [0.717, 1.165) is 18.4 Å². The highest BCUT2D eigenvalue weighted by Crippen LogP contribution is 2.67. The van der Waals surface area contributed by atoms with Crippen molar-refractivity contribution in [1.82, 2.24) is 0 Å². The van der Waals surface area contributed by atoms with Gasteiger partial charge in [-0.1, -0.05) is 39.3 Å². The lowest BCUT2D eigenvalue weighted by Crippen LogP contribution is -2.62. The third kappa shape index (κ3) is 4.44. The maximum Gasteiger partial charge on any atom is 0.410 e. The van der Waals surface area contributed by atoms with Crippen molar-refractivity contribution in [2.45, 2.75) is 90.5 Å². The van der Waals surface area contributed by atoms with Gasteiger partial charge in [-0.15, -0.1) is 0 Å². The van der Waals surface area contributed by atoms with Crippen LogP contribution in [0, 0.1) is 28.6 Å². The average Bonchev–Trinajstić information content (AvgIpc) is 3.11. The quantitative estimate of drug-likeness (QED) is 0.387. The van der Waals surface area contributed by atoms with E-state index in [-0.39, 0.29) is 49.6 Å². The summed E-state index contributed by atoms with van der Waals surface area (Å²) >= 11 is 0. The van der Waals surface area contributed by atoms with Gasteiger partial charge in [-0.3, -0.25) is 14.3 Å². The summed E-state index contributed by atoms with van der Waals surface area (Å²) in [7, 11) is 0. The van der Waals surface area contributed by atoms with E-state index < -0.39 is 41.1 Å². The predicted molar refractivity (Wildman–Crippen MR) is 131 cm³/mol. The fraction of sp³-hybridized carbons (Fsp3) is 0.786. The molecule has 0 saturated heterocycles. The first kappa shape index (κ1) is 27.6. The van der Waals surface area contributed by atoms with Gasteiger partial charge in [0.25, 0.3) is 0 Å². The van der Waals surface area contributed by atoms with Crippen LogP contribution in [0.4, 0.5) is 0 Å². The van der Waals surface area contributed by atoms with Gasteiger partial charge in [-0.25, -0.2) is 0 Å². The second-order valence-corrected chi connectivity index (χ2v) is 11.5. The van der Waals surface area contributed by atoms with E-state index in [1.807, 2.05) is 26.8 Å². The summed E-state index contributed by atoms with van der Waals surface area (Å²) in [6, 6.07) is 0. The summed E-state index contributed by atoms with van der Waals surface area (Å²) in [6.07, 6.45) is 6.19. The van der Waals surface area contributed by atoms with Crippen molar-refractivity contribution in [3.8, 4) is 0 Å². The Morgan fingerprint density at radius 2 is 1.81 bits per heavy atom. The number of aliphatic hydroxyl groups excluding tert-OH is 1. The summed E-state index contributed by atoms with van der Waals surface area (Å²) < 4.78 is 16.1. The Balaban J connectivity index is 1.53. The molecule has 0 aliphatic heterocycles. The molecular weight excluding hydrogens is 464 g/mol. The number of hydrogen-bond acceptors (Lipinski definition) is 8. The molecule has 3 saturated carbocycles. The van der Waals surface area contributed by atoms with E-state index in [2.05, 4.69) is 6.92 Å². The number of hydrogen-bond donors (Lipinski definition) is 3. The average molecular weight is 507 g/mol. The van der Waals surface area contributed by atoms with Gasteiger partial charge in [0, 0.05) is 16.7 Å². The molecule has 8 heteroatoms.